The normalized spacial score (nSPS) is 21.0. The van der Waals surface area contributed by atoms with Crippen molar-refractivity contribution < 1.29 is 0 Å². The lowest BCUT2D eigenvalue weighted by molar-refractivity contribution is 0.0240. The second-order valence-corrected chi connectivity index (χ2v) is 13.7. The maximum atomic E-state index is 2.66. The van der Waals surface area contributed by atoms with E-state index in [4.69, 9.17) is 0 Å². The fourth-order valence-corrected chi connectivity index (χ4v) is 7.98. The molecule has 0 amide bonds. The van der Waals surface area contributed by atoms with E-state index in [1.54, 1.807) is 0 Å². The minimum absolute atomic E-state index is 0.134. The minimum atomic E-state index is 0.134. The van der Waals surface area contributed by atoms with Gasteiger partial charge in [-0.05, 0) is 85.8 Å². The molecule has 0 aliphatic heterocycles. The second kappa shape index (κ2) is 11.1. The van der Waals surface area contributed by atoms with Gasteiger partial charge in [-0.2, -0.15) is 0 Å². The van der Waals surface area contributed by atoms with Crippen molar-refractivity contribution in [2.75, 3.05) is 13.6 Å². The molecule has 36 heavy (non-hydrogen) atoms. The third-order valence-electron chi connectivity index (χ3n) is 11.6. The first-order valence-electron chi connectivity index (χ1n) is 14.9. The molecule has 0 radical (unpaired) electrons. The van der Waals surface area contributed by atoms with E-state index in [2.05, 4.69) is 107 Å². The number of hydrogen-bond donors (Lipinski definition) is 0. The highest BCUT2D eigenvalue weighted by atomic mass is 15.0. The summed E-state index contributed by atoms with van der Waals surface area (Å²) in [6.45, 7) is 14.3. The number of benzene rings is 2. The van der Waals surface area contributed by atoms with Gasteiger partial charge in [-0.3, -0.25) is 0 Å². The van der Waals surface area contributed by atoms with Crippen LogP contribution in [-0.2, 0) is 5.41 Å². The number of hydrogen-bond acceptors (Lipinski definition) is 1. The zero-order valence-electron chi connectivity index (χ0n) is 24.3. The van der Waals surface area contributed by atoms with Crippen LogP contribution >= 0.6 is 0 Å². The highest BCUT2D eigenvalue weighted by Gasteiger charge is 2.52. The third kappa shape index (κ3) is 5.36. The minimum Gasteiger partial charge on any atom is -0.341 e. The highest BCUT2D eigenvalue weighted by Crippen LogP contribution is 2.62. The van der Waals surface area contributed by atoms with Gasteiger partial charge in [-0.1, -0.05) is 126 Å². The molecule has 2 aliphatic rings. The summed E-state index contributed by atoms with van der Waals surface area (Å²) in [4.78, 5) is 2.56. The van der Waals surface area contributed by atoms with Crippen LogP contribution in [0.15, 0.2) is 60.7 Å². The van der Waals surface area contributed by atoms with Crippen LogP contribution in [0.3, 0.4) is 0 Å². The lowest BCUT2D eigenvalue weighted by Crippen LogP contribution is -2.48. The Labute approximate surface area is 223 Å². The summed E-state index contributed by atoms with van der Waals surface area (Å²) < 4.78 is 0. The van der Waals surface area contributed by atoms with Gasteiger partial charge in [-0.15, -0.1) is 0 Å². The van der Waals surface area contributed by atoms with Crippen molar-refractivity contribution >= 4 is 12.3 Å². The maximum Gasteiger partial charge on any atom is 0.254 e. The molecule has 0 N–H and O–H groups in total. The van der Waals surface area contributed by atoms with E-state index in [1.165, 1.54) is 81.7 Å². The van der Waals surface area contributed by atoms with E-state index in [0.29, 0.717) is 17.7 Å². The molecule has 2 aliphatic carbocycles. The fraction of sp³-hybridized carbons (Fsp3) is 0.647. The first-order chi connectivity index (χ1) is 17.1. The first kappa shape index (κ1) is 27.5. The van der Waals surface area contributed by atoms with E-state index in [1.807, 2.05) is 0 Å². The Morgan fingerprint density at radius 1 is 0.778 bits per heavy atom. The zero-order chi connectivity index (χ0) is 25.9. The Morgan fingerprint density at radius 2 is 1.31 bits per heavy atom. The summed E-state index contributed by atoms with van der Waals surface area (Å²) in [5.74, 6) is 0. The molecule has 0 spiro atoms. The predicted molar refractivity (Wildman–Crippen MR) is 159 cm³/mol. The van der Waals surface area contributed by atoms with E-state index in [-0.39, 0.29) is 10.8 Å². The van der Waals surface area contributed by atoms with Crippen LogP contribution in [0.5, 0.6) is 0 Å². The zero-order valence-corrected chi connectivity index (χ0v) is 24.3. The molecule has 0 aromatic heterocycles. The molecule has 2 aromatic rings. The highest BCUT2D eigenvalue weighted by molar-refractivity contribution is 6.69. The average Bonchev–Trinajstić information content (AvgIpc) is 3.57. The van der Waals surface area contributed by atoms with Crippen molar-refractivity contribution in [3.05, 3.63) is 66.2 Å². The van der Waals surface area contributed by atoms with E-state index >= 15 is 0 Å². The molecule has 2 saturated carbocycles. The molecule has 0 heterocycles. The Kier molecular flexibility index (Phi) is 8.45. The molecule has 2 aromatic carbocycles. The molecular weight excluding hydrogens is 433 g/mol. The molecule has 2 heteroatoms. The lowest BCUT2D eigenvalue weighted by Gasteiger charge is -2.50. The topological polar surface area (TPSA) is 3.24 Å². The van der Waals surface area contributed by atoms with Crippen LogP contribution < -0.4 is 5.46 Å². The van der Waals surface area contributed by atoms with Crippen molar-refractivity contribution in [3.8, 4) is 0 Å². The van der Waals surface area contributed by atoms with Crippen molar-refractivity contribution in [3.63, 3.8) is 0 Å². The maximum absolute atomic E-state index is 2.66. The van der Waals surface area contributed by atoms with Crippen LogP contribution in [0.1, 0.15) is 104 Å². The Bertz CT molecular complexity index is 940. The molecule has 1 nitrogen and oxygen atoms in total. The van der Waals surface area contributed by atoms with Gasteiger partial charge in [0.05, 0.1) is 0 Å². The molecule has 1 unspecified atom stereocenters. The predicted octanol–water partition coefficient (Wildman–Crippen LogP) is 8.74. The van der Waals surface area contributed by atoms with Gasteiger partial charge in [0.15, 0.2) is 0 Å². The monoisotopic (exact) mass is 485 g/mol. The Morgan fingerprint density at radius 3 is 1.89 bits per heavy atom. The van der Waals surface area contributed by atoms with Crippen LogP contribution in [0, 0.1) is 16.2 Å². The van der Waals surface area contributed by atoms with Crippen molar-refractivity contribution in [2.24, 2.45) is 16.2 Å². The van der Waals surface area contributed by atoms with Gasteiger partial charge in [0, 0.05) is 0 Å². The summed E-state index contributed by atoms with van der Waals surface area (Å²) in [7, 11) is 2.31. The summed E-state index contributed by atoms with van der Waals surface area (Å²) in [6.07, 6.45) is 15.6. The third-order valence-corrected chi connectivity index (χ3v) is 11.6. The van der Waals surface area contributed by atoms with Crippen LogP contribution in [0.25, 0.3) is 0 Å². The molecule has 0 bridgehead atoms. The van der Waals surface area contributed by atoms with Crippen molar-refractivity contribution in [1.82, 2.24) is 4.81 Å². The summed E-state index contributed by atoms with van der Waals surface area (Å²) in [5, 5.41) is 0. The van der Waals surface area contributed by atoms with Gasteiger partial charge in [0.1, 0.15) is 0 Å². The van der Waals surface area contributed by atoms with Crippen LogP contribution in [0.4, 0.5) is 0 Å². The largest absolute Gasteiger partial charge is 0.341 e. The van der Waals surface area contributed by atoms with Crippen LogP contribution in [-0.4, -0.2) is 25.3 Å². The number of nitrogens with zero attached hydrogens (tertiary/aromatic N) is 1. The van der Waals surface area contributed by atoms with E-state index in [9.17, 15) is 0 Å². The van der Waals surface area contributed by atoms with Gasteiger partial charge >= 0.3 is 0 Å². The summed E-state index contributed by atoms with van der Waals surface area (Å²) >= 11 is 0. The van der Waals surface area contributed by atoms with E-state index in [0.717, 1.165) is 6.54 Å². The standard InChI is InChI=1S/C34H52BN/c1-31(2,25-26-34(23-15-16-24-34)32(3)21-13-14-22-32)33(4,29-17-9-7-10-18-29)27-28-36(6)35(5)30-19-11-8-12-20-30/h7-12,17-20H,13-16,21-28H2,1-6H3. The molecule has 1 atom stereocenters. The smallest absolute Gasteiger partial charge is 0.254 e. The van der Waals surface area contributed by atoms with Crippen LogP contribution in [0.2, 0.25) is 6.82 Å². The quantitative estimate of drug-likeness (QED) is 0.288. The van der Waals surface area contributed by atoms with Gasteiger partial charge in [0.25, 0.3) is 6.85 Å². The SMILES string of the molecule is CB(c1ccccc1)N(C)CCC(C)(c1ccccc1)C(C)(C)CCC1(C2(C)CCCC2)CCCC1. The lowest BCUT2D eigenvalue weighted by atomic mass is 9.54. The van der Waals surface area contributed by atoms with Crippen molar-refractivity contribution in [1.29, 1.82) is 0 Å². The summed E-state index contributed by atoms with van der Waals surface area (Å²) in [5.41, 5.74) is 4.45. The molecular formula is C34H52BN. The Hall–Kier alpha value is -1.54. The summed E-state index contributed by atoms with van der Waals surface area (Å²) in [6, 6.07) is 22.5. The molecule has 4 rings (SSSR count). The van der Waals surface area contributed by atoms with Gasteiger partial charge in [0.2, 0.25) is 0 Å². The Balaban J connectivity index is 1.54. The van der Waals surface area contributed by atoms with Crippen molar-refractivity contribution in [2.45, 2.75) is 111 Å². The second-order valence-electron chi connectivity index (χ2n) is 13.7. The fourth-order valence-electron chi connectivity index (χ4n) is 7.98. The molecule has 2 fully saturated rings. The average molecular weight is 486 g/mol. The molecule has 196 valence electrons. The van der Waals surface area contributed by atoms with Gasteiger partial charge < -0.3 is 4.81 Å². The molecule has 0 saturated heterocycles. The first-order valence-corrected chi connectivity index (χ1v) is 14.9. The van der Waals surface area contributed by atoms with E-state index < -0.39 is 0 Å². The number of rotatable bonds is 11. The van der Waals surface area contributed by atoms with Gasteiger partial charge in [-0.25, -0.2) is 0 Å².